The van der Waals surface area contributed by atoms with E-state index in [4.69, 9.17) is 11.6 Å². The van der Waals surface area contributed by atoms with Crippen LogP contribution < -0.4 is 5.32 Å². The van der Waals surface area contributed by atoms with E-state index in [-0.39, 0.29) is 0 Å². The molecule has 0 spiro atoms. The summed E-state index contributed by atoms with van der Waals surface area (Å²) in [4.78, 5) is 1.49. The van der Waals surface area contributed by atoms with Gasteiger partial charge in [0.25, 0.3) is 0 Å². The lowest BCUT2D eigenvalue weighted by molar-refractivity contribution is 0.457. The van der Waals surface area contributed by atoms with E-state index in [0.717, 1.165) is 16.8 Å². The summed E-state index contributed by atoms with van der Waals surface area (Å²) < 4.78 is 0.943. The maximum atomic E-state index is 6.10. The van der Waals surface area contributed by atoms with Crippen LogP contribution in [-0.4, -0.2) is 6.54 Å². The van der Waals surface area contributed by atoms with Crippen LogP contribution in [0.3, 0.4) is 0 Å². The first-order chi connectivity index (χ1) is 8.34. The van der Waals surface area contributed by atoms with Crippen LogP contribution in [0.15, 0.2) is 6.07 Å². The van der Waals surface area contributed by atoms with Crippen LogP contribution in [0.4, 0.5) is 0 Å². The van der Waals surface area contributed by atoms with Crippen LogP contribution in [-0.2, 0) is 6.42 Å². The first-order valence-corrected chi connectivity index (χ1v) is 8.05. The number of aryl methyl sites for hydroxylation is 1. The molecule has 0 saturated heterocycles. The minimum Gasteiger partial charge on any atom is -0.310 e. The van der Waals surface area contributed by atoms with E-state index in [1.54, 1.807) is 11.3 Å². The van der Waals surface area contributed by atoms with Gasteiger partial charge in [-0.1, -0.05) is 39.3 Å². The number of thiophene rings is 1. The molecule has 1 nitrogen and oxygen atoms in total. The van der Waals surface area contributed by atoms with Crippen molar-refractivity contribution in [3.8, 4) is 0 Å². The van der Waals surface area contributed by atoms with Crippen molar-refractivity contribution < 1.29 is 0 Å². The van der Waals surface area contributed by atoms with Gasteiger partial charge in [0.05, 0.1) is 4.34 Å². The number of rotatable bonds is 3. The molecule has 0 amide bonds. The first-order valence-electron chi connectivity index (χ1n) is 6.85. The Balaban J connectivity index is 1.63. The van der Waals surface area contributed by atoms with Crippen molar-refractivity contribution in [2.45, 2.75) is 46.6 Å². The Morgan fingerprint density at radius 1 is 1.33 bits per heavy atom. The predicted molar refractivity (Wildman–Crippen MR) is 79.4 cm³/mol. The third kappa shape index (κ3) is 1.76. The van der Waals surface area contributed by atoms with Gasteiger partial charge in [0.1, 0.15) is 0 Å². The van der Waals surface area contributed by atoms with Gasteiger partial charge in [-0.3, -0.25) is 0 Å². The Kier molecular flexibility index (Phi) is 2.86. The molecule has 0 radical (unpaired) electrons. The summed E-state index contributed by atoms with van der Waals surface area (Å²) in [6.07, 6.45) is 2.44. The molecule has 18 heavy (non-hydrogen) atoms. The Labute approximate surface area is 119 Å². The predicted octanol–water partition coefficient (Wildman–Crippen LogP) is 4.66. The van der Waals surface area contributed by atoms with Crippen LogP contribution in [0.2, 0.25) is 4.34 Å². The van der Waals surface area contributed by atoms with Gasteiger partial charge in [-0.05, 0) is 47.8 Å². The van der Waals surface area contributed by atoms with Crippen LogP contribution in [0, 0.1) is 16.7 Å². The molecule has 3 heteroatoms. The molecule has 2 aliphatic rings. The normalized spacial score (nSPS) is 28.4. The molecule has 2 aliphatic carbocycles. The molecular formula is C15H22ClNS. The molecule has 1 saturated carbocycles. The molecule has 1 unspecified atom stereocenters. The molecule has 0 aliphatic heterocycles. The molecule has 1 atom stereocenters. The fraction of sp³-hybridized carbons (Fsp3) is 0.733. The minimum absolute atomic E-state index is 0.480. The molecule has 1 aromatic rings. The molecule has 1 aromatic heterocycles. The monoisotopic (exact) mass is 283 g/mol. The molecule has 1 heterocycles. The van der Waals surface area contributed by atoms with Gasteiger partial charge in [-0.25, -0.2) is 0 Å². The summed E-state index contributed by atoms with van der Waals surface area (Å²) >= 11 is 7.86. The summed E-state index contributed by atoms with van der Waals surface area (Å²) in [5.41, 5.74) is 2.42. The maximum absolute atomic E-state index is 6.10. The van der Waals surface area contributed by atoms with Gasteiger partial charge in [-0.15, -0.1) is 11.3 Å². The Morgan fingerprint density at radius 3 is 2.61 bits per heavy atom. The number of hydrogen-bond acceptors (Lipinski definition) is 2. The summed E-state index contributed by atoms with van der Waals surface area (Å²) in [5.74, 6) is 0.795. The summed E-state index contributed by atoms with van der Waals surface area (Å²) in [5, 5.41) is 3.77. The number of halogens is 1. The van der Waals surface area contributed by atoms with Crippen molar-refractivity contribution in [3.05, 3.63) is 20.8 Å². The van der Waals surface area contributed by atoms with Gasteiger partial charge >= 0.3 is 0 Å². The molecule has 1 fully saturated rings. The topological polar surface area (TPSA) is 12.0 Å². The molecule has 100 valence electrons. The Hall–Kier alpha value is -0.0500. The number of nitrogens with one attached hydrogen (secondary N) is 1. The van der Waals surface area contributed by atoms with E-state index in [0.29, 0.717) is 16.9 Å². The third-order valence-electron chi connectivity index (χ3n) is 5.74. The zero-order chi connectivity index (χ0) is 13.1. The lowest BCUT2D eigenvalue weighted by atomic mass is 10.0. The fourth-order valence-corrected chi connectivity index (χ4v) is 5.00. The fourth-order valence-electron chi connectivity index (χ4n) is 3.65. The summed E-state index contributed by atoms with van der Waals surface area (Å²) in [6, 6.07) is 2.70. The van der Waals surface area contributed by atoms with Crippen molar-refractivity contribution in [2.75, 3.05) is 6.54 Å². The molecule has 3 rings (SSSR count). The maximum Gasteiger partial charge on any atom is 0.0934 e. The lowest BCUT2D eigenvalue weighted by Gasteiger charge is -2.13. The Bertz CT molecular complexity index is 461. The molecular weight excluding hydrogens is 262 g/mol. The average molecular weight is 284 g/mol. The highest BCUT2D eigenvalue weighted by Crippen LogP contribution is 2.68. The van der Waals surface area contributed by atoms with E-state index in [9.17, 15) is 0 Å². The average Bonchev–Trinajstić information content (AvgIpc) is 2.65. The van der Waals surface area contributed by atoms with Crippen molar-refractivity contribution in [1.82, 2.24) is 5.32 Å². The quantitative estimate of drug-likeness (QED) is 0.851. The van der Waals surface area contributed by atoms with Crippen LogP contribution in [0.25, 0.3) is 0 Å². The van der Waals surface area contributed by atoms with E-state index < -0.39 is 0 Å². The van der Waals surface area contributed by atoms with Crippen molar-refractivity contribution in [3.63, 3.8) is 0 Å². The highest BCUT2D eigenvalue weighted by Gasteiger charge is 2.63. The van der Waals surface area contributed by atoms with Crippen molar-refractivity contribution in [1.29, 1.82) is 0 Å². The first kappa shape index (κ1) is 13.0. The summed E-state index contributed by atoms with van der Waals surface area (Å²) in [6.45, 7) is 10.7. The van der Waals surface area contributed by atoms with E-state index in [2.05, 4.69) is 39.1 Å². The van der Waals surface area contributed by atoms with E-state index in [1.165, 1.54) is 23.3 Å². The van der Waals surface area contributed by atoms with Crippen LogP contribution in [0.1, 0.15) is 50.6 Å². The number of fused-ring (bicyclic) bond motifs is 1. The lowest BCUT2D eigenvalue weighted by Crippen LogP contribution is -2.23. The standard InChI is InChI=1S/C15H22ClNS/c1-14(2)12(15(14,3)4)8-17-10-5-6-11-9(10)7-13(16)18-11/h7,10,12,17H,5-6,8H2,1-4H3. The van der Waals surface area contributed by atoms with Gasteiger partial charge in [-0.2, -0.15) is 0 Å². The Morgan fingerprint density at radius 2 is 2.00 bits per heavy atom. The molecule has 0 aromatic carbocycles. The second-order valence-corrected chi connectivity index (χ2v) is 8.69. The smallest absolute Gasteiger partial charge is 0.0934 e. The highest BCUT2D eigenvalue weighted by molar-refractivity contribution is 7.16. The van der Waals surface area contributed by atoms with Gasteiger partial charge in [0, 0.05) is 10.9 Å². The third-order valence-corrected chi connectivity index (χ3v) is 7.07. The van der Waals surface area contributed by atoms with E-state index >= 15 is 0 Å². The van der Waals surface area contributed by atoms with Crippen LogP contribution in [0.5, 0.6) is 0 Å². The zero-order valence-electron chi connectivity index (χ0n) is 11.6. The van der Waals surface area contributed by atoms with E-state index in [1.807, 2.05) is 0 Å². The summed E-state index contributed by atoms with van der Waals surface area (Å²) in [7, 11) is 0. The zero-order valence-corrected chi connectivity index (χ0v) is 13.2. The largest absolute Gasteiger partial charge is 0.310 e. The van der Waals surface area contributed by atoms with Crippen molar-refractivity contribution in [2.24, 2.45) is 16.7 Å². The van der Waals surface area contributed by atoms with Gasteiger partial charge in [0.2, 0.25) is 0 Å². The van der Waals surface area contributed by atoms with Crippen molar-refractivity contribution >= 4 is 22.9 Å². The SMILES string of the molecule is CC1(C)C(CNC2CCc3sc(Cl)cc32)C1(C)C. The minimum atomic E-state index is 0.480. The highest BCUT2D eigenvalue weighted by atomic mass is 35.5. The van der Waals surface area contributed by atoms with Crippen LogP contribution >= 0.6 is 22.9 Å². The van der Waals surface area contributed by atoms with Gasteiger partial charge in [0.15, 0.2) is 0 Å². The van der Waals surface area contributed by atoms with Gasteiger partial charge < -0.3 is 5.32 Å². The second-order valence-electron chi connectivity index (χ2n) is 6.92. The second kappa shape index (κ2) is 3.97. The molecule has 1 N–H and O–H groups in total. The molecule has 0 bridgehead atoms. The number of hydrogen-bond donors (Lipinski definition) is 1.